The Morgan fingerprint density at radius 1 is 1.17 bits per heavy atom. The lowest BCUT2D eigenvalue weighted by Crippen LogP contribution is -1.87. The van der Waals surface area contributed by atoms with Crippen molar-refractivity contribution in [3.63, 3.8) is 0 Å². The van der Waals surface area contributed by atoms with Crippen molar-refractivity contribution in [3.05, 3.63) is 46.0 Å². The number of hydrogen-bond donors (Lipinski definition) is 2. The van der Waals surface area contributed by atoms with E-state index in [2.05, 4.69) is 15.9 Å². The minimum absolute atomic E-state index is 0.184. The highest BCUT2D eigenvalue weighted by Gasteiger charge is 2.23. The smallest absolute Gasteiger partial charge is 0.201 e. The second kappa shape index (κ2) is 4.10. The van der Waals surface area contributed by atoms with Crippen molar-refractivity contribution in [2.24, 2.45) is 0 Å². The first-order chi connectivity index (χ1) is 8.63. The van der Waals surface area contributed by atoms with Crippen molar-refractivity contribution < 1.29 is 19.4 Å². The van der Waals surface area contributed by atoms with Gasteiger partial charge in [0.25, 0.3) is 0 Å². The maximum absolute atomic E-state index is 9.67. The van der Waals surface area contributed by atoms with Crippen molar-refractivity contribution in [2.75, 3.05) is 0 Å². The lowest BCUT2D eigenvalue weighted by atomic mass is 10.1. The van der Waals surface area contributed by atoms with Crippen LogP contribution in [0.25, 0.3) is 6.08 Å². The quantitative estimate of drug-likeness (QED) is 0.792. The topological polar surface area (TPSA) is 62.8 Å². The Hall–Kier alpha value is -1.88. The molecule has 1 aromatic carbocycles. The molecule has 0 unspecified atom stereocenters. The van der Waals surface area contributed by atoms with Gasteiger partial charge in [0.15, 0.2) is 16.2 Å². The second-order valence-corrected chi connectivity index (χ2v) is 4.73. The Morgan fingerprint density at radius 2 is 2.00 bits per heavy atom. The molecule has 0 saturated heterocycles. The molecule has 3 rings (SSSR count). The summed E-state index contributed by atoms with van der Waals surface area (Å²) in [7, 11) is 0. The van der Waals surface area contributed by atoms with Gasteiger partial charge in [-0.25, -0.2) is 0 Å². The van der Waals surface area contributed by atoms with E-state index in [9.17, 15) is 10.2 Å². The molecule has 0 bridgehead atoms. The van der Waals surface area contributed by atoms with Crippen molar-refractivity contribution in [1.29, 1.82) is 0 Å². The normalized spacial score (nSPS) is 15.7. The minimum atomic E-state index is -0.225. The van der Waals surface area contributed by atoms with Crippen LogP contribution >= 0.6 is 15.9 Å². The first-order valence-corrected chi connectivity index (χ1v) is 6.10. The van der Waals surface area contributed by atoms with E-state index < -0.39 is 0 Å². The zero-order valence-corrected chi connectivity index (χ0v) is 10.8. The van der Waals surface area contributed by atoms with Crippen molar-refractivity contribution >= 4 is 22.0 Å². The van der Waals surface area contributed by atoms with Crippen LogP contribution in [-0.2, 0) is 6.42 Å². The predicted octanol–water partition coefficient (Wildman–Crippen LogP) is 3.43. The molecule has 5 heteroatoms. The lowest BCUT2D eigenvalue weighted by molar-refractivity contribution is 0.368. The Labute approximate surface area is 111 Å². The van der Waals surface area contributed by atoms with Gasteiger partial charge >= 0.3 is 0 Å². The molecule has 1 aliphatic rings. The molecule has 1 aliphatic heterocycles. The molecular weight excluding hydrogens is 300 g/mol. The first kappa shape index (κ1) is 11.2. The van der Waals surface area contributed by atoms with E-state index in [-0.39, 0.29) is 11.5 Å². The van der Waals surface area contributed by atoms with E-state index >= 15 is 0 Å². The van der Waals surface area contributed by atoms with E-state index in [4.69, 9.17) is 9.15 Å². The Balaban J connectivity index is 1.93. The van der Waals surface area contributed by atoms with Crippen LogP contribution in [0.1, 0.15) is 11.3 Å². The average Bonchev–Trinajstić information content (AvgIpc) is 2.91. The van der Waals surface area contributed by atoms with Crippen LogP contribution in [0.4, 0.5) is 0 Å². The monoisotopic (exact) mass is 308 g/mol. The second-order valence-electron chi connectivity index (χ2n) is 3.95. The molecule has 1 aromatic heterocycles. The number of phenols is 2. The van der Waals surface area contributed by atoms with Crippen LogP contribution in [0.5, 0.6) is 17.2 Å². The van der Waals surface area contributed by atoms with Gasteiger partial charge in [0, 0.05) is 18.1 Å². The predicted molar refractivity (Wildman–Crippen MR) is 68.5 cm³/mol. The highest BCUT2D eigenvalue weighted by Crippen LogP contribution is 2.44. The van der Waals surface area contributed by atoms with Crippen LogP contribution in [0.2, 0.25) is 0 Å². The van der Waals surface area contributed by atoms with Crippen molar-refractivity contribution in [2.45, 2.75) is 6.42 Å². The molecule has 0 radical (unpaired) electrons. The van der Waals surface area contributed by atoms with Crippen LogP contribution < -0.4 is 4.74 Å². The van der Waals surface area contributed by atoms with Gasteiger partial charge in [-0.15, -0.1) is 0 Å². The maximum Gasteiger partial charge on any atom is 0.201 e. The molecule has 0 amide bonds. The molecule has 18 heavy (non-hydrogen) atoms. The van der Waals surface area contributed by atoms with E-state index in [1.165, 1.54) is 6.07 Å². The zero-order chi connectivity index (χ0) is 12.7. The summed E-state index contributed by atoms with van der Waals surface area (Å²) in [5, 5.41) is 19.1. The van der Waals surface area contributed by atoms with E-state index in [0.29, 0.717) is 28.4 Å². The van der Waals surface area contributed by atoms with E-state index in [1.54, 1.807) is 24.3 Å². The zero-order valence-electron chi connectivity index (χ0n) is 9.18. The molecule has 0 saturated carbocycles. The summed E-state index contributed by atoms with van der Waals surface area (Å²) in [4.78, 5) is 0. The molecule has 0 spiro atoms. The van der Waals surface area contributed by atoms with Gasteiger partial charge in [0.2, 0.25) is 5.75 Å². The fraction of sp³-hybridized carbons (Fsp3) is 0.0769. The number of rotatable bonds is 1. The summed E-state index contributed by atoms with van der Waals surface area (Å²) >= 11 is 3.22. The number of furan rings is 1. The highest BCUT2D eigenvalue weighted by molar-refractivity contribution is 9.10. The van der Waals surface area contributed by atoms with Gasteiger partial charge in [-0.2, -0.15) is 0 Å². The molecule has 2 heterocycles. The summed E-state index contributed by atoms with van der Waals surface area (Å²) in [5.74, 6) is 1.22. The van der Waals surface area contributed by atoms with E-state index in [1.807, 2.05) is 0 Å². The maximum atomic E-state index is 9.67. The summed E-state index contributed by atoms with van der Waals surface area (Å²) in [6, 6.07) is 6.77. The number of allylic oxidation sites excluding steroid dienone is 1. The fourth-order valence-electron chi connectivity index (χ4n) is 1.86. The number of ether oxygens (including phenoxy) is 1. The number of phenolic OH excluding ortho intramolecular Hbond substituents is 2. The molecular formula is C13H9BrO4. The van der Waals surface area contributed by atoms with Gasteiger partial charge < -0.3 is 19.4 Å². The van der Waals surface area contributed by atoms with Gasteiger partial charge in [-0.3, -0.25) is 0 Å². The molecule has 92 valence electrons. The number of hydrogen-bond acceptors (Lipinski definition) is 4. The highest BCUT2D eigenvalue weighted by atomic mass is 79.9. The third-order valence-corrected chi connectivity index (χ3v) is 3.11. The number of aromatic hydroxyl groups is 2. The summed E-state index contributed by atoms with van der Waals surface area (Å²) in [5.41, 5.74) is 0.835. The van der Waals surface area contributed by atoms with Crippen LogP contribution in [0.15, 0.2) is 39.1 Å². The molecule has 4 nitrogen and oxygen atoms in total. The summed E-state index contributed by atoms with van der Waals surface area (Å²) in [6.07, 6.45) is 2.31. The van der Waals surface area contributed by atoms with Crippen LogP contribution in [0.3, 0.4) is 0 Å². The van der Waals surface area contributed by atoms with Gasteiger partial charge in [-0.1, -0.05) is 6.07 Å². The number of halogens is 1. The Bertz CT molecular complexity index is 642. The number of fused-ring (bicyclic) bond motifs is 1. The largest absolute Gasteiger partial charge is 0.504 e. The van der Waals surface area contributed by atoms with Crippen LogP contribution in [-0.4, -0.2) is 10.2 Å². The fourth-order valence-corrected chi connectivity index (χ4v) is 2.17. The summed E-state index contributed by atoms with van der Waals surface area (Å²) < 4.78 is 11.5. The van der Waals surface area contributed by atoms with Crippen molar-refractivity contribution in [3.8, 4) is 17.2 Å². The van der Waals surface area contributed by atoms with Gasteiger partial charge in [-0.05, 0) is 34.1 Å². The standard InChI is InChI=1S/C13H9BrO4/c14-11-4-2-8(17-11)6-9-5-7-1-3-10(15)12(16)13(7)18-9/h1-4,6,15-16H,5H2. The first-order valence-electron chi connectivity index (χ1n) is 5.31. The molecule has 0 aliphatic carbocycles. The Morgan fingerprint density at radius 3 is 2.72 bits per heavy atom. The van der Waals surface area contributed by atoms with Crippen molar-refractivity contribution in [1.82, 2.24) is 0 Å². The number of benzene rings is 1. The third kappa shape index (κ3) is 1.86. The molecule has 0 fully saturated rings. The molecule has 2 N–H and O–H groups in total. The van der Waals surface area contributed by atoms with Gasteiger partial charge in [0.05, 0.1) is 0 Å². The SMILES string of the molecule is Oc1ccc2c(c1O)OC(=Cc1ccc(Br)o1)C2. The Kier molecular flexibility index (Phi) is 2.56. The van der Waals surface area contributed by atoms with E-state index in [0.717, 1.165) is 5.56 Å². The lowest BCUT2D eigenvalue weighted by Gasteiger charge is -2.03. The van der Waals surface area contributed by atoms with Crippen LogP contribution in [0, 0.1) is 0 Å². The average molecular weight is 309 g/mol. The molecule has 2 aromatic rings. The third-order valence-electron chi connectivity index (χ3n) is 2.69. The minimum Gasteiger partial charge on any atom is -0.504 e. The molecule has 0 atom stereocenters. The van der Waals surface area contributed by atoms with Gasteiger partial charge in [0.1, 0.15) is 11.5 Å². The summed E-state index contributed by atoms with van der Waals surface area (Å²) in [6.45, 7) is 0.